The Bertz CT molecular complexity index is 257. The SMILES string of the molecule is O=S(=O)(F)CCS(=O)(=O)Cl. The lowest BCUT2D eigenvalue weighted by atomic mass is 11.0. The van der Waals surface area contributed by atoms with Crippen LogP contribution in [0.15, 0.2) is 0 Å². The van der Waals surface area contributed by atoms with Gasteiger partial charge in [0.15, 0.2) is 0 Å². The molecule has 0 fully saturated rings. The normalized spacial score (nSPS) is 13.4. The number of halogens is 2. The predicted molar refractivity (Wildman–Crippen MR) is 34.5 cm³/mol. The van der Waals surface area contributed by atoms with Crippen molar-refractivity contribution >= 4 is 30.0 Å². The molecule has 4 nitrogen and oxygen atoms in total. The highest BCUT2D eigenvalue weighted by Gasteiger charge is 2.13. The summed E-state index contributed by atoms with van der Waals surface area (Å²) in [6.07, 6.45) is 0. The lowest BCUT2D eigenvalue weighted by Crippen LogP contribution is -2.08. The molecule has 62 valence electrons. The van der Waals surface area contributed by atoms with Gasteiger partial charge < -0.3 is 0 Å². The number of hydrogen-bond donors (Lipinski definition) is 0. The van der Waals surface area contributed by atoms with Gasteiger partial charge in [0.25, 0.3) is 0 Å². The fraction of sp³-hybridized carbons (Fsp3) is 1.00. The minimum atomic E-state index is -4.72. The maximum absolute atomic E-state index is 11.6. The monoisotopic (exact) mass is 210 g/mol. The average molecular weight is 211 g/mol. The van der Waals surface area contributed by atoms with E-state index in [0.29, 0.717) is 0 Å². The molecule has 0 aliphatic rings. The van der Waals surface area contributed by atoms with Crippen molar-refractivity contribution in [3.63, 3.8) is 0 Å². The van der Waals surface area contributed by atoms with Crippen molar-refractivity contribution in [3.8, 4) is 0 Å². The molecular formula is C2H4ClFO4S2. The topological polar surface area (TPSA) is 68.3 Å². The zero-order chi connectivity index (χ0) is 8.41. The molecule has 0 amide bonds. The largest absolute Gasteiger partial charge is 0.303 e. The van der Waals surface area contributed by atoms with E-state index < -0.39 is 30.8 Å². The average Bonchev–Trinajstić information content (AvgIpc) is 1.57. The minimum absolute atomic E-state index is 0.895. The Morgan fingerprint density at radius 1 is 1.10 bits per heavy atom. The summed E-state index contributed by atoms with van der Waals surface area (Å²) in [5.74, 6) is -1.98. The molecule has 0 aromatic rings. The molecule has 0 saturated heterocycles. The highest BCUT2D eigenvalue weighted by molar-refractivity contribution is 8.14. The molecule has 0 rings (SSSR count). The first-order valence-electron chi connectivity index (χ1n) is 2.05. The first-order chi connectivity index (χ1) is 4.21. The second kappa shape index (κ2) is 3.02. The Hall–Kier alpha value is 0.120. The van der Waals surface area contributed by atoms with Crippen LogP contribution in [0.4, 0.5) is 3.89 Å². The third-order valence-corrected chi connectivity index (χ3v) is 2.68. The van der Waals surface area contributed by atoms with Crippen LogP contribution in [0.25, 0.3) is 0 Å². The van der Waals surface area contributed by atoms with Crippen LogP contribution >= 0.6 is 10.7 Å². The summed E-state index contributed by atoms with van der Waals surface area (Å²) in [4.78, 5) is 0. The van der Waals surface area contributed by atoms with Crippen LogP contribution in [0.1, 0.15) is 0 Å². The summed E-state index contributed by atoms with van der Waals surface area (Å²) in [6.45, 7) is 0. The van der Waals surface area contributed by atoms with Gasteiger partial charge in [-0.3, -0.25) is 0 Å². The van der Waals surface area contributed by atoms with Crippen molar-refractivity contribution in [2.45, 2.75) is 0 Å². The highest BCUT2D eigenvalue weighted by atomic mass is 35.7. The van der Waals surface area contributed by atoms with E-state index in [4.69, 9.17) is 0 Å². The Morgan fingerprint density at radius 3 is 1.60 bits per heavy atom. The molecular weight excluding hydrogens is 207 g/mol. The summed E-state index contributed by atoms with van der Waals surface area (Å²) in [7, 11) is -4.04. The summed E-state index contributed by atoms with van der Waals surface area (Å²) >= 11 is 0. The van der Waals surface area contributed by atoms with Gasteiger partial charge in [0.2, 0.25) is 9.05 Å². The molecule has 0 N–H and O–H groups in total. The lowest BCUT2D eigenvalue weighted by Gasteiger charge is -1.89. The molecule has 0 saturated carbocycles. The van der Waals surface area contributed by atoms with Crippen molar-refractivity contribution < 1.29 is 20.7 Å². The summed E-state index contributed by atoms with van der Waals surface area (Å²) in [5, 5.41) is 0. The fourth-order valence-corrected chi connectivity index (χ4v) is 2.36. The summed E-state index contributed by atoms with van der Waals surface area (Å²) in [5.41, 5.74) is 0. The minimum Gasteiger partial charge on any atom is -0.212 e. The van der Waals surface area contributed by atoms with Gasteiger partial charge in [0, 0.05) is 10.7 Å². The molecule has 0 atom stereocenters. The highest BCUT2D eigenvalue weighted by Crippen LogP contribution is 1.99. The first kappa shape index (κ1) is 10.1. The van der Waals surface area contributed by atoms with Gasteiger partial charge >= 0.3 is 10.2 Å². The van der Waals surface area contributed by atoms with E-state index in [9.17, 15) is 20.7 Å². The Morgan fingerprint density at radius 2 is 1.50 bits per heavy atom. The smallest absolute Gasteiger partial charge is 0.212 e. The van der Waals surface area contributed by atoms with Crippen LogP contribution in [0.5, 0.6) is 0 Å². The van der Waals surface area contributed by atoms with Crippen LogP contribution < -0.4 is 0 Å². The van der Waals surface area contributed by atoms with Gasteiger partial charge in [-0.1, -0.05) is 0 Å². The quantitative estimate of drug-likeness (QED) is 0.608. The molecule has 0 aromatic carbocycles. The molecule has 0 aliphatic carbocycles. The summed E-state index contributed by atoms with van der Waals surface area (Å²) in [6, 6.07) is 0. The Balaban J connectivity index is 4.05. The molecule has 0 bridgehead atoms. The zero-order valence-corrected chi connectivity index (χ0v) is 7.01. The van der Waals surface area contributed by atoms with E-state index in [-0.39, 0.29) is 0 Å². The van der Waals surface area contributed by atoms with E-state index in [1.165, 1.54) is 0 Å². The van der Waals surface area contributed by atoms with Crippen LogP contribution in [-0.4, -0.2) is 28.3 Å². The molecule has 10 heavy (non-hydrogen) atoms. The van der Waals surface area contributed by atoms with Crippen LogP contribution in [0, 0.1) is 0 Å². The van der Waals surface area contributed by atoms with Crippen molar-refractivity contribution in [1.82, 2.24) is 0 Å². The van der Waals surface area contributed by atoms with Crippen LogP contribution in [0.2, 0.25) is 0 Å². The van der Waals surface area contributed by atoms with Crippen molar-refractivity contribution in [3.05, 3.63) is 0 Å². The molecule has 0 heterocycles. The predicted octanol–water partition coefficient (Wildman–Crippen LogP) is -0.146. The van der Waals surface area contributed by atoms with Gasteiger partial charge in [0.05, 0.1) is 11.5 Å². The molecule has 0 spiro atoms. The van der Waals surface area contributed by atoms with E-state index >= 15 is 0 Å². The number of hydrogen-bond acceptors (Lipinski definition) is 4. The standard InChI is InChI=1S/C2H4ClFO4S2/c3-9(5,6)1-2-10(4,7)8/h1-2H2. The van der Waals surface area contributed by atoms with Gasteiger partial charge in [-0.2, -0.15) is 8.42 Å². The molecule has 0 aliphatic heterocycles. The van der Waals surface area contributed by atoms with E-state index in [0.717, 1.165) is 0 Å². The third kappa shape index (κ3) is 8.12. The van der Waals surface area contributed by atoms with Crippen LogP contribution in [0.3, 0.4) is 0 Å². The maximum Gasteiger partial charge on any atom is 0.303 e. The van der Waals surface area contributed by atoms with E-state index in [1.54, 1.807) is 0 Å². The van der Waals surface area contributed by atoms with E-state index in [1.807, 2.05) is 0 Å². The van der Waals surface area contributed by atoms with Gasteiger partial charge in [-0.25, -0.2) is 8.42 Å². The molecule has 0 radical (unpaired) electrons. The van der Waals surface area contributed by atoms with Crippen molar-refractivity contribution in [2.75, 3.05) is 11.5 Å². The Labute approximate surface area is 62.6 Å². The second-order valence-electron chi connectivity index (χ2n) is 1.49. The first-order valence-corrected chi connectivity index (χ1v) is 6.08. The van der Waals surface area contributed by atoms with Crippen LogP contribution in [-0.2, 0) is 19.3 Å². The summed E-state index contributed by atoms with van der Waals surface area (Å²) < 4.78 is 51.0. The second-order valence-corrected chi connectivity index (χ2v) is 5.87. The van der Waals surface area contributed by atoms with Crippen molar-refractivity contribution in [2.24, 2.45) is 0 Å². The van der Waals surface area contributed by atoms with Gasteiger partial charge in [-0.05, 0) is 0 Å². The Kier molecular flexibility index (Phi) is 3.05. The lowest BCUT2D eigenvalue weighted by molar-refractivity contribution is 0.552. The molecule has 0 aromatic heterocycles. The number of rotatable bonds is 3. The third-order valence-electron chi connectivity index (χ3n) is 0.571. The molecule has 8 heteroatoms. The fourth-order valence-electron chi connectivity index (χ4n) is 0.199. The maximum atomic E-state index is 11.6. The zero-order valence-electron chi connectivity index (χ0n) is 4.62. The molecule has 0 unspecified atom stereocenters. The van der Waals surface area contributed by atoms with Crippen molar-refractivity contribution in [1.29, 1.82) is 0 Å². The van der Waals surface area contributed by atoms with Gasteiger partial charge in [-0.15, -0.1) is 3.89 Å². The van der Waals surface area contributed by atoms with E-state index in [2.05, 4.69) is 10.7 Å². The van der Waals surface area contributed by atoms with Gasteiger partial charge in [0.1, 0.15) is 0 Å².